The molecule has 0 bridgehead atoms. The number of hydrogen-bond acceptors (Lipinski definition) is 2. The molecule has 0 radical (unpaired) electrons. The third kappa shape index (κ3) is 5.67. The summed E-state index contributed by atoms with van der Waals surface area (Å²) in [6.45, 7) is 2.27. The first-order valence-electron chi connectivity index (χ1n) is 12.5. The van der Waals surface area contributed by atoms with Crippen molar-refractivity contribution in [3.05, 3.63) is 57.5 Å². The molecule has 2 nitrogen and oxygen atoms in total. The number of rotatable bonds is 13. The zero-order chi connectivity index (χ0) is 21.5. The molecule has 0 saturated heterocycles. The van der Waals surface area contributed by atoms with Crippen molar-refractivity contribution >= 4 is 23.7 Å². The topological polar surface area (TPSA) is 26.3 Å². The largest absolute Gasteiger partial charge is 0.426 e. The number of carbonyl (C=O) groups is 1. The molecular formula is C29H36O2. The average Bonchev–Trinajstić information content (AvgIpc) is 3.48. The summed E-state index contributed by atoms with van der Waals surface area (Å²) < 4.78 is 5.79. The molecule has 0 amide bonds. The molecule has 0 N–H and O–H groups in total. The Morgan fingerprint density at radius 3 is 2.35 bits per heavy atom. The van der Waals surface area contributed by atoms with Crippen molar-refractivity contribution in [2.45, 2.75) is 90.4 Å². The molecule has 0 atom stereocenters. The fourth-order valence-corrected chi connectivity index (χ4v) is 4.76. The summed E-state index contributed by atoms with van der Waals surface area (Å²) in [6, 6.07) is 2.07. The predicted molar refractivity (Wildman–Crippen MR) is 130 cm³/mol. The highest BCUT2D eigenvalue weighted by molar-refractivity contribution is 5.88. The summed E-state index contributed by atoms with van der Waals surface area (Å²) in [7, 11) is 0. The number of unbranched alkanes of at least 4 members (excludes halogenated alkanes) is 10. The van der Waals surface area contributed by atoms with Gasteiger partial charge >= 0.3 is 5.97 Å². The molecule has 1 aromatic carbocycles. The van der Waals surface area contributed by atoms with Gasteiger partial charge in [-0.15, -0.1) is 0 Å². The SMILES string of the molecule is CCCCCCCCCCCCCC(=O)Oc1cc2c(c3c1C=3)=CC=CC1=C2C=CC1. The molecule has 0 saturated carbocycles. The number of esters is 1. The molecule has 0 spiro atoms. The first-order chi connectivity index (χ1) is 15.3. The minimum Gasteiger partial charge on any atom is -0.426 e. The Kier molecular flexibility index (Phi) is 7.61. The number of fused-ring (bicyclic) bond motifs is 4. The van der Waals surface area contributed by atoms with Crippen molar-refractivity contribution < 1.29 is 9.53 Å². The summed E-state index contributed by atoms with van der Waals surface area (Å²) >= 11 is 0. The van der Waals surface area contributed by atoms with E-state index in [1.807, 2.05) is 0 Å². The maximum atomic E-state index is 12.4. The maximum absolute atomic E-state index is 12.4. The lowest BCUT2D eigenvalue weighted by Crippen LogP contribution is -2.23. The fraction of sp³-hybridized carbons (Fsp3) is 0.483. The zero-order valence-electron chi connectivity index (χ0n) is 19.1. The van der Waals surface area contributed by atoms with Gasteiger partial charge in [0.05, 0.1) is 0 Å². The van der Waals surface area contributed by atoms with Crippen molar-refractivity contribution in [3.8, 4) is 5.75 Å². The Morgan fingerprint density at radius 1 is 0.903 bits per heavy atom. The minimum atomic E-state index is -0.0923. The summed E-state index contributed by atoms with van der Waals surface area (Å²) in [4.78, 5) is 12.4. The Morgan fingerprint density at radius 2 is 1.61 bits per heavy atom. The van der Waals surface area contributed by atoms with Crippen LogP contribution in [0.15, 0.2) is 35.9 Å². The minimum absolute atomic E-state index is 0.0923. The van der Waals surface area contributed by atoms with Gasteiger partial charge in [-0.1, -0.05) is 102 Å². The Bertz CT molecular complexity index is 1020. The molecule has 3 aliphatic carbocycles. The third-order valence-electron chi connectivity index (χ3n) is 6.64. The third-order valence-corrected chi connectivity index (χ3v) is 6.64. The van der Waals surface area contributed by atoms with E-state index in [1.165, 1.54) is 84.9 Å². The quantitative estimate of drug-likeness (QED) is 0.212. The summed E-state index contributed by atoms with van der Waals surface area (Å²) in [6.07, 6.45) is 28.7. The summed E-state index contributed by atoms with van der Waals surface area (Å²) in [5.74, 6) is 0.648. The monoisotopic (exact) mass is 416 g/mol. The molecule has 164 valence electrons. The molecular weight excluding hydrogens is 380 g/mol. The molecule has 1 aromatic rings. The Labute approximate surface area is 187 Å². The molecule has 4 rings (SSSR count). The smallest absolute Gasteiger partial charge is 0.311 e. The van der Waals surface area contributed by atoms with Gasteiger partial charge in [0.2, 0.25) is 0 Å². The number of hydrogen-bond donors (Lipinski definition) is 0. The standard InChI is InChI=1S/C29H36O2/c1-2-3-4-5-6-7-8-9-10-11-12-19-29(30)31-28-21-26-23-17-13-15-22(23)16-14-18-24(26)25-20-27(25)28/h13-14,16-18,20-21H,2-12,15,19H2,1H3. The van der Waals surface area contributed by atoms with Crippen molar-refractivity contribution in [1.29, 1.82) is 0 Å². The van der Waals surface area contributed by atoms with Crippen LogP contribution in [0.3, 0.4) is 0 Å². The molecule has 31 heavy (non-hydrogen) atoms. The van der Waals surface area contributed by atoms with Crippen LogP contribution in [0.5, 0.6) is 5.75 Å². The van der Waals surface area contributed by atoms with Gasteiger partial charge in [-0.05, 0) is 52.1 Å². The van der Waals surface area contributed by atoms with Crippen molar-refractivity contribution in [3.63, 3.8) is 0 Å². The van der Waals surface area contributed by atoms with Crippen LogP contribution >= 0.6 is 0 Å². The van der Waals surface area contributed by atoms with E-state index < -0.39 is 0 Å². The maximum Gasteiger partial charge on any atom is 0.311 e. The van der Waals surface area contributed by atoms with Crippen LogP contribution in [0.1, 0.15) is 102 Å². The van der Waals surface area contributed by atoms with Crippen LogP contribution in [0.25, 0.3) is 17.7 Å². The van der Waals surface area contributed by atoms with Crippen LogP contribution in [-0.2, 0) is 4.79 Å². The molecule has 0 unspecified atom stereocenters. The van der Waals surface area contributed by atoms with Gasteiger partial charge in [0.25, 0.3) is 0 Å². The second-order valence-corrected chi connectivity index (χ2v) is 9.14. The van der Waals surface area contributed by atoms with E-state index in [0.29, 0.717) is 6.42 Å². The lowest BCUT2D eigenvalue weighted by atomic mass is 10.0. The van der Waals surface area contributed by atoms with Gasteiger partial charge in [0.1, 0.15) is 5.75 Å². The Balaban J connectivity index is 1.19. The fourth-order valence-electron chi connectivity index (χ4n) is 4.76. The van der Waals surface area contributed by atoms with Gasteiger partial charge in [0.15, 0.2) is 0 Å². The molecule has 2 heteroatoms. The number of allylic oxidation sites excluding steroid dienone is 6. The van der Waals surface area contributed by atoms with E-state index in [4.69, 9.17) is 4.74 Å². The highest BCUT2D eigenvalue weighted by Gasteiger charge is 2.22. The van der Waals surface area contributed by atoms with Gasteiger partial charge in [-0.25, -0.2) is 0 Å². The van der Waals surface area contributed by atoms with E-state index in [0.717, 1.165) is 30.6 Å². The van der Waals surface area contributed by atoms with Crippen LogP contribution < -0.4 is 15.2 Å². The van der Waals surface area contributed by atoms with E-state index in [2.05, 4.69) is 49.4 Å². The average molecular weight is 417 g/mol. The van der Waals surface area contributed by atoms with Crippen LogP contribution in [-0.4, -0.2) is 5.97 Å². The highest BCUT2D eigenvalue weighted by Crippen LogP contribution is 2.32. The van der Waals surface area contributed by atoms with Gasteiger partial charge < -0.3 is 4.74 Å². The van der Waals surface area contributed by atoms with Crippen molar-refractivity contribution in [1.82, 2.24) is 0 Å². The predicted octanol–water partition coefficient (Wildman–Crippen LogP) is 6.50. The lowest BCUT2D eigenvalue weighted by Gasteiger charge is -2.09. The van der Waals surface area contributed by atoms with E-state index in [9.17, 15) is 4.79 Å². The molecule has 0 aliphatic heterocycles. The van der Waals surface area contributed by atoms with Crippen molar-refractivity contribution in [2.75, 3.05) is 0 Å². The van der Waals surface area contributed by atoms with E-state index >= 15 is 0 Å². The van der Waals surface area contributed by atoms with Crippen LogP contribution in [0.2, 0.25) is 0 Å². The first kappa shape index (κ1) is 21.9. The summed E-state index contributed by atoms with van der Waals surface area (Å²) in [5, 5.41) is 2.49. The van der Waals surface area contributed by atoms with Crippen LogP contribution in [0.4, 0.5) is 0 Å². The first-order valence-corrected chi connectivity index (χ1v) is 12.5. The molecule has 0 heterocycles. The lowest BCUT2D eigenvalue weighted by molar-refractivity contribution is -0.134. The van der Waals surface area contributed by atoms with Gasteiger partial charge in [-0.2, -0.15) is 0 Å². The summed E-state index contributed by atoms with van der Waals surface area (Å²) in [5.41, 5.74) is 4.90. The van der Waals surface area contributed by atoms with Gasteiger partial charge in [0, 0.05) is 12.0 Å². The molecule has 0 aromatic heterocycles. The number of benzene rings is 1. The van der Waals surface area contributed by atoms with Crippen LogP contribution in [0, 0.1) is 0 Å². The highest BCUT2D eigenvalue weighted by atomic mass is 16.5. The number of carbonyl (C=O) groups excluding carboxylic acids is 1. The normalized spacial score (nSPS) is 15.0. The Hall–Kier alpha value is -2.35. The molecule has 3 aliphatic rings. The van der Waals surface area contributed by atoms with E-state index in [1.54, 1.807) is 0 Å². The zero-order valence-corrected chi connectivity index (χ0v) is 19.1. The van der Waals surface area contributed by atoms with Gasteiger partial charge in [-0.3, -0.25) is 4.79 Å². The second kappa shape index (κ2) is 10.8. The van der Waals surface area contributed by atoms with Crippen molar-refractivity contribution in [2.24, 2.45) is 0 Å². The van der Waals surface area contributed by atoms with E-state index in [-0.39, 0.29) is 5.97 Å². The number of ether oxygens (including phenoxy) is 1. The molecule has 0 fully saturated rings. The second-order valence-electron chi connectivity index (χ2n) is 9.14.